The number of rotatable bonds is 9. The standard InChI is InChI=1S/C15H27N3/c1-4-6-7-12-18(3)15-10-8-9-14(17-15)13-16-11-5-2/h8-10,16H,4-7,11-13H2,1-3H3. The first kappa shape index (κ1) is 15.0. The van der Waals surface area contributed by atoms with Crippen molar-refractivity contribution in [3.63, 3.8) is 0 Å². The summed E-state index contributed by atoms with van der Waals surface area (Å²) in [5.41, 5.74) is 1.13. The zero-order chi connectivity index (χ0) is 13.2. The SMILES string of the molecule is CCCCCN(C)c1cccc(CNCCC)n1. The fourth-order valence-electron chi connectivity index (χ4n) is 1.88. The van der Waals surface area contributed by atoms with E-state index < -0.39 is 0 Å². The van der Waals surface area contributed by atoms with Crippen LogP contribution in [0.2, 0.25) is 0 Å². The molecule has 0 aliphatic rings. The summed E-state index contributed by atoms with van der Waals surface area (Å²) in [7, 11) is 2.13. The summed E-state index contributed by atoms with van der Waals surface area (Å²) >= 11 is 0. The molecule has 0 fully saturated rings. The second-order valence-corrected chi connectivity index (χ2v) is 4.79. The Bertz CT molecular complexity index is 325. The lowest BCUT2D eigenvalue weighted by atomic mass is 10.2. The van der Waals surface area contributed by atoms with Gasteiger partial charge in [0.25, 0.3) is 0 Å². The van der Waals surface area contributed by atoms with E-state index in [1.54, 1.807) is 0 Å². The number of aromatic nitrogens is 1. The Morgan fingerprint density at radius 2 is 2.00 bits per heavy atom. The number of hydrogen-bond acceptors (Lipinski definition) is 3. The normalized spacial score (nSPS) is 10.6. The smallest absolute Gasteiger partial charge is 0.128 e. The molecule has 1 aromatic rings. The van der Waals surface area contributed by atoms with Crippen LogP contribution in [0.3, 0.4) is 0 Å². The fraction of sp³-hybridized carbons (Fsp3) is 0.667. The van der Waals surface area contributed by atoms with Crippen LogP contribution in [0.25, 0.3) is 0 Å². The Labute approximate surface area is 112 Å². The molecule has 0 unspecified atom stereocenters. The summed E-state index contributed by atoms with van der Waals surface area (Å²) in [5, 5.41) is 3.39. The average molecular weight is 249 g/mol. The van der Waals surface area contributed by atoms with Crippen LogP contribution in [0.5, 0.6) is 0 Å². The first-order valence-corrected chi connectivity index (χ1v) is 7.15. The van der Waals surface area contributed by atoms with E-state index in [0.29, 0.717) is 0 Å². The maximum absolute atomic E-state index is 4.69. The molecule has 0 amide bonds. The highest BCUT2D eigenvalue weighted by Gasteiger charge is 2.03. The molecule has 1 N–H and O–H groups in total. The van der Waals surface area contributed by atoms with Crippen LogP contribution < -0.4 is 10.2 Å². The second-order valence-electron chi connectivity index (χ2n) is 4.79. The van der Waals surface area contributed by atoms with E-state index in [-0.39, 0.29) is 0 Å². The number of anilines is 1. The van der Waals surface area contributed by atoms with E-state index in [9.17, 15) is 0 Å². The van der Waals surface area contributed by atoms with Gasteiger partial charge in [-0.05, 0) is 31.5 Å². The van der Waals surface area contributed by atoms with Gasteiger partial charge in [-0.3, -0.25) is 0 Å². The Kier molecular flexibility index (Phi) is 7.42. The van der Waals surface area contributed by atoms with Gasteiger partial charge in [-0.15, -0.1) is 0 Å². The first-order valence-electron chi connectivity index (χ1n) is 7.15. The molecule has 18 heavy (non-hydrogen) atoms. The number of hydrogen-bond donors (Lipinski definition) is 1. The summed E-state index contributed by atoms with van der Waals surface area (Å²) in [5.74, 6) is 1.09. The molecule has 1 aromatic heterocycles. The maximum atomic E-state index is 4.69. The topological polar surface area (TPSA) is 28.2 Å². The Hall–Kier alpha value is -1.09. The van der Waals surface area contributed by atoms with Gasteiger partial charge in [0.1, 0.15) is 5.82 Å². The molecule has 0 bridgehead atoms. The van der Waals surface area contributed by atoms with Crippen molar-refractivity contribution in [1.29, 1.82) is 0 Å². The van der Waals surface area contributed by atoms with E-state index in [2.05, 4.69) is 54.3 Å². The van der Waals surface area contributed by atoms with E-state index >= 15 is 0 Å². The number of nitrogens with zero attached hydrogens (tertiary/aromatic N) is 2. The molecule has 3 heteroatoms. The molecule has 0 aromatic carbocycles. The van der Waals surface area contributed by atoms with Crippen LogP contribution in [0.4, 0.5) is 5.82 Å². The predicted molar refractivity (Wildman–Crippen MR) is 79.0 cm³/mol. The minimum atomic E-state index is 0.866. The first-order chi connectivity index (χ1) is 8.77. The number of nitrogens with one attached hydrogen (secondary N) is 1. The lowest BCUT2D eigenvalue weighted by molar-refractivity contribution is 0.661. The highest BCUT2D eigenvalue weighted by Crippen LogP contribution is 2.11. The van der Waals surface area contributed by atoms with Crippen molar-refractivity contribution < 1.29 is 0 Å². The minimum absolute atomic E-state index is 0.866. The molecule has 0 aliphatic carbocycles. The van der Waals surface area contributed by atoms with Crippen molar-refractivity contribution >= 4 is 5.82 Å². The molecule has 102 valence electrons. The van der Waals surface area contributed by atoms with Crippen LogP contribution in [0, 0.1) is 0 Å². The average Bonchev–Trinajstić information content (AvgIpc) is 2.39. The number of unbranched alkanes of at least 4 members (excludes halogenated alkanes) is 2. The van der Waals surface area contributed by atoms with Crippen molar-refractivity contribution in [1.82, 2.24) is 10.3 Å². The van der Waals surface area contributed by atoms with Gasteiger partial charge in [-0.1, -0.05) is 32.8 Å². The summed E-state index contributed by atoms with van der Waals surface area (Å²) in [6, 6.07) is 6.28. The molecule has 0 atom stereocenters. The monoisotopic (exact) mass is 249 g/mol. The van der Waals surface area contributed by atoms with E-state index in [1.807, 2.05) is 0 Å². The highest BCUT2D eigenvalue weighted by atomic mass is 15.2. The number of pyridine rings is 1. The van der Waals surface area contributed by atoms with E-state index in [1.165, 1.54) is 19.3 Å². The molecule has 1 heterocycles. The van der Waals surface area contributed by atoms with Gasteiger partial charge in [0, 0.05) is 20.1 Å². The molecular weight excluding hydrogens is 222 g/mol. The summed E-state index contributed by atoms with van der Waals surface area (Å²) in [6.07, 6.45) is 4.97. The molecule has 0 saturated carbocycles. The summed E-state index contributed by atoms with van der Waals surface area (Å²) < 4.78 is 0. The zero-order valence-corrected chi connectivity index (χ0v) is 12.1. The molecule has 0 saturated heterocycles. The van der Waals surface area contributed by atoms with E-state index in [4.69, 9.17) is 0 Å². The van der Waals surface area contributed by atoms with Gasteiger partial charge >= 0.3 is 0 Å². The van der Waals surface area contributed by atoms with Gasteiger partial charge in [0.2, 0.25) is 0 Å². The highest BCUT2D eigenvalue weighted by molar-refractivity contribution is 5.38. The molecule has 0 aliphatic heterocycles. The summed E-state index contributed by atoms with van der Waals surface area (Å²) in [6.45, 7) is 7.42. The lowest BCUT2D eigenvalue weighted by Crippen LogP contribution is -2.21. The fourth-order valence-corrected chi connectivity index (χ4v) is 1.88. The Morgan fingerprint density at radius 3 is 2.72 bits per heavy atom. The van der Waals surface area contributed by atoms with Gasteiger partial charge in [0.15, 0.2) is 0 Å². The minimum Gasteiger partial charge on any atom is -0.360 e. The molecule has 3 nitrogen and oxygen atoms in total. The van der Waals surface area contributed by atoms with Gasteiger partial charge in [0.05, 0.1) is 5.69 Å². The molecular formula is C15H27N3. The third-order valence-electron chi connectivity index (χ3n) is 3.01. The summed E-state index contributed by atoms with van der Waals surface area (Å²) in [4.78, 5) is 6.94. The van der Waals surface area contributed by atoms with Crippen molar-refractivity contribution in [3.05, 3.63) is 23.9 Å². The van der Waals surface area contributed by atoms with Crippen LogP contribution in [0.15, 0.2) is 18.2 Å². The largest absolute Gasteiger partial charge is 0.360 e. The predicted octanol–water partition coefficient (Wildman–Crippen LogP) is 3.21. The molecule has 0 spiro atoms. The van der Waals surface area contributed by atoms with Crippen molar-refractivity contribution in [2.45, 2.75) is 46.1 Å². The van der Waals surface area contributed by atoms with Crippen molar-refractivity contribution in [3.8, 4) is 0 Å². The van der Waals surface area contributed by atoms with Gasteiger partial charge in [-0.2, -0.15) is 0 Å². The Morgan fingerprint density at radius 1 is 1.17 bits per heavy atom. The van der Waals surface area contributed by atoms with Gasteiger partial charge in [-0.25, -0.2) is 4.98 Å². The Balaban J connectivity index is 2.47. The van der Waals surface area contributed by atoms with E-state index in [0.717, 1.165) is 37.6 Å². The molecule has 0 radical (unpaired) electrons. The van der Waals surface area contributed by atoms with Crippen molar-refractivity contribution in [2.24, 2.45) is 0 Å². The van der Waals surface area contributed by atoms with Crippen LogP contribution in [-0.2, 0) is 6.54 Å². The zero-order valence-electron chi connectivity index (χ0n) is 12.1. The van der Waals surface area contributed by atoms with Gasteiger partial charge < -0.3 is 10.2 Å². The van der Waals surface area contributed by atoms with Crippen LogP contribution in [-0.4, -0.2) is 25.1 Å². The van der Waals surface area contributed by atoms with Crippen LogP contribution in [0.1, 0.15) is 45.2 Å². The third-order valence-corrected chi connectivity index (χ3v) is 3.01. The quantitative estimate of drug-likeness (QED) is 0.681. The van der Waals surface area contributed by atoms with Crippen LogP contribution >= 0.6 is 0 Å². The molecule has 1 rings (SSSR count). The van der Waals surface area contributed by atoms with Crippen molar-refractivity contribution in [2.75, 3.05) is 25.0 Å². The second kappa shape index (κ2) is 8.92. The maximum Gasteiger partial charge on any atom is 0.128 e. The lowest BCUT2D eigenvalue weighted by Gasteiger charge is -2.18. The third kappa shape index (κ3) is 5.50.